The van der Waals surface area contributed by atoms with Gasteiger partial charge in [0.25, 0.3) is 0 Å². The number of hydrogen-bond donors (Lipinski definition) is 1. The maximum atomic E-state index is 12.4. The molecule has 0 aliphatic heterocycles. The van der Waals surface area contributed by atoms with E-state index in [4.69, 9.17) is 5.11 Å². The van der Waals surface area contributed by atoms with Crippen LogP contribution in [0, 0.1) is 5.92 Å². The van der Waals surface area contributed by atoms with Crippen molar-refractivity contribution in [1.29, 1.82) is 0 Å². The van der Waals surface area contributed by atoms with Gasteiger partial charge in [0.15, 0.2) is 5.92 Å². The molecule has 1 unspecified atom stereocenters. The fourth-order valence-corrected chi connectivity index (χ4v) is 1.47. The molecule has 0 aromatic carbocycles. The van der Waals surface area contributed by atoms with E-state index in [2.05, 4.69) is 4.98 Å². The van der Waals surface area contributed by atoms with Crippen LogP contribution in [0.15, 0.2) is 24.4 Å². The maximum absolute atomic E-state index is 12.4. The van der Waals surface area contributed by atoms with Crippen LogP contribution in [0.5, 0.6) is 0 Å². The third-order valence-electron chi connectivity index (χ3n) is 2.35. The molecule has 1 aromatic heterocycles. The van der Waals surface area contributed by atoms with Gasteiger partial charge in [0.2, 0.25) is 0 Å². The van der Waals surface area contributed by atoms with Crippen LogP contribution in [0.2, 0.25) is 0 Å². The first kappa shape index (κ1) is 14.4. The van der Waals surface area contributed by atoms with E-state index in [1.165, 1.54) is 18.1 Å². The summed E-state index contributed by atoms with van der Waals surface area (Å²) in [6.07, 6.45) is -3.22. The summed E-state index contributed by atoms with van der Waals surface area (Å²) in [5, 5.41) is 8.56. The standard InChI is InChI=1S/C11H13F3N2O2/c1-16(6-8-4-2-3-5-15-8)7-9(10(17)18)11(12,13)14/h2-5,9H,6-7H2,1H3,(H,17,18). The molecule has 1 N–H and O–H groups in total. The molecule has 18 heavy (non-hydrogen) atoms. The molecule has 0 fully saturated rings. The Morgan fingerprint density at radius 2 is 2.17 bits per heavy atom. The predicted molar refractivity (Wildman–Crippen MR) is 57.8 cm³/mol. The van der Waals surface area contributed by atoms with E-state index in [0.717, 1.165) is 0 Å². The van der Waals surface area contributed by atoms with Gasteiger partial charge in [-0.25, -0.2) is 0 Å². The fraction of sp³-hybridized carbons (Fsp3) is 0.455. The molecule has 1 aromatic rings. The molecule has 1 rings (SSSR count). The molecule has 0 aliphatic rings. The first-order valence-electron chi connectivity index (χ1n) is 5.18. The van der Waals surface area contributed by atoms with Crippen molar-refractivity contribution in [2.75, 3.05) is 13.6 Å². The second kappa shape index (κ2) is 5.81. The molecular formula is C11H13F3N2O2. The summed E-state index contributed by atoms with van der Waals surface area (Å²) >= 11 is 0. The second-order valence-electron chi connectivity index (χ2n) is 3.95. The van der Waals surface area contributed by atoms with Crippen molar-refractivity contribution in [3.05, 3.63) is 30.1 Å². The summed E-state index contributed by atoms with van der Waals surface area (Å²) in [6.45, 7) is -0.434. The van der Waals surface area contributed by atoms with Gasteiger partial charge in [-0.05, 0) is 19.2 Å². The van der Waals surface area contributed by atoms with Gasteiger partial charge in [-0.2, -0.15) is 13.2 Å². The van der Waals surface area contributed by atoms with E-state index in [9.17, 15) is 18.0 Å². The van der Waals surface area contributed by atoms with Crippen molar-refractivity contribution in [1.82, 2.24) is 9.88 Å². The summed E-state index contributed by atoms with van der Waals surface area (Å²) in [6, 6.07) is 5.08. The van der Waals surface area contributed by atoms with Gasteiger partial charge in [-0.1, -0.05) is 6.07 Å². The van der Waals surface area contributed by atoms with Crippen molar-refractivity contribution in [2.24, 2.45) is 5.92 Å². The number of alkyl halides is 3. The topological polar surface area (TPSA) is 53.4 Å². The van der Waals surface area contributed by atoms with E-state index in [-0.39, 0.29) is 6.54 Å². The smallest absolute Gasteiger partial charge is 0.403 e. The highest BCUT2D eigenvalue weighted by Crippen LogP contribution is 2.27. The Labute approximate surface area is 102 Å². The van der Waals surface area contributed by atoms with E-state index in [1.807, 2.05) is 0 Å². The first-order valence-corrected chi connectivity index (χ1v) is 5.18. The van der Waals surface area contributed by atoms with Crippen LogP contribution >= 0.6 is 0 Å². The number of pyridine rings is 1. The summed E-state index contributed by atoms with van der Waals surface area (Å²) in [5.41, 5.74) is 0.589. The summed E-state index contributed by atoms with van der Waals surface area (Å²) < 4.78 is 37.3. The van der Waals surface area contributed by atoms with E-state index >= 15 is 0 Å². The zero-order chi connectivity index (χ0) is 13.8. The lowest BCUT2D eigenvalue weighted by Crippen LogP contribution is -2.39. The average Bonchev–Trinajstić information content (AvgIpc) is 2.25. The van der Waals surface area contributed by atoms with E-state index in [1.54, 1.807) is 18.2 Å². The monoisotopic (exact) mass is 262 g/mol. The first-order chi connectivity index (χ1) is 8.30. The zero-order valence-corrected chi connectivity index (χ0v) is 9.68. The minimum atomic E-state index is -4.75. The van der Waals surface area contributed by atoms with Crippen LogP contribution in [0.3, 0.4) is 0 Å². The van der Waals surface area contributed by atoms with Crippen LogP contribution in [0.25, 0.3) is 0 Å². The van der Waals surface area contributed by atoms with Crippen LogP contribution in [0.4, 0.5) is 13.2 Å². The average molecular weight is 262 g/mol. The largest absolute Gasteiger partial charge is 0.481 e. The maximum Gasteiger partial charge on any atom is 0.403 e. The SMILES string of the molecule is CN(Cc1ccccn1)CC(C(=O)O)C(F)(F)F. The quantitative estimate of drug-likeness (QED) is 0.878. The normalized spacial score (nSPS) is 13.6. The van der Waals surface area contributed by atoms with Crippen molar-refractivity contribution in [2.45, 2.75) is 12.7 Å². The minimum Gasteiger partial charge on any atom is -0.481 e. The Bertz CT molecular complexity index is 395. The molecular weight excluding hydrogens is 249 g/mol. The summed E-state index contributed by atoms with van der Waals surface area (Å²) in [4.78, 5) is 15.8. The van der Waals surface area contributed by atoms with Gasteiger partial charge >= 0.3 is 12.1 Å². The molecule has 0 radical (unpaired) electrons. The number of carboxylic acid groups (broad SMARTS) is 1. The number of halogens is 3. The highest BCUT2D eigenvalue weighted by molar-refractivity contribution is 5.71. The van der Waals surface area contributed by atoms with Crippen LogP contribution in [-0.4, -0.2) is 40.7 Å². The third-order valence-corrected chi connectivity index (χ3v) is 2.35. The Hall–Kier alpha value is -1.63. The van der Waals surface area contributed by atoms with Gasteiger partial charge in [0, 0.05) is 19.3 Å². The number of carbonyl (C=O) groups is 1. The molecule has 7 heteroatoms. The van der Waals surface area contributed by atoms with Crippen molar-refractivity contribution in [3.63, 3.8) is 0 Å². The Morgan fingerprint density at radius 1 is 1.50 bits per heavy atom. The highest BCUT2D eigenvalue weighted by atomic mass is 19.4. The number of rotatable bonds is 5. The van der Waals surface area contributed by atoms with Crippen LogP contribution in [-0.2, 0) is 11.3 Å². The Balaban J connectivity index is 2.63. The highest BCUT2D eigenvalue weighted by Gasteiger charge is 2.45. The van der Waals surface area contributed by atoms with Gasteiger partial charge < -0.3 is 5.11 Å². The second-order valence-corrected chi connectivity index (χ2v) is 3.95. The van der Waals surface area contributed by atoms with Crippen molar-refractivity contribution in [3.8, 4) is 0 Å². The van der Waals surface area contributed by atoms with Gasteiger partial charge in [0.1, 0.15) is 0 Å². The molecule has 1 atom stereocenters. The van der Waals surface area contributed by atoms with Crippen LogP contribution in [0.1, 0.15) is 5.69 Å². The molecule has 0 bridgehead atoms. The fourth-order valence-electron chi connectivity index (χ4n) is 1.47. The van der Waals surface area contributed by atoms with Crippen molar-refractivity contribution >= 4 is 5.97 Å². The van der Waals surface area contributed by atoms with Gasteiger partial charge in [-0.3, -0.25) is 14.7 Å². The van der Waals surface area contributed by atoms with E-state index in [0.29, 0.717) is 5.69 Å². The molecule has 0 amide bonds. The van der Waals surface area contributed by atoms with E-state index < -0.39 is 24.6 Å². The minimum absolute atomic E-state index is 0.167. The lowest BCUT2D eigenvalue weighted by atomic mass is 10.1. The Morgan fingerprint density at radius 3 is 2.61 bits per heavy atom. The molecule has 4 nitrogen and oxygen atoms in total. The molecule has 0 saturated carbocycles. The molecule has 0 spiro atoms. The summed E-state index contributed by atoms with van der Waals surface area (Å²) in [7, 11) is 1.43. The zero-order valence-electron chi connectivity index (χ0n) is 9.68. The lowest BCUT2D eigenvalue weighted by molar-refractivity contribution is -0.196. The molecule has 1 heterocycles. The summed E-state index contributed by atoms with van der Waals surface area (Å²) in [5.74, 6) is -4.25. The van der Waals surface area contributed by atoms with Gasteiger partial charge in [0.05, 0.1) is 5.69 Å². The molecule has 0 aliphatic carbocycles. The number of carboxylic acids is 1. The Kier molecular flexibility index (Phi) is 4.66. The third kappa shape index (κ3) is 4.33. The van der Waals surface area contributed by atoms with Gasteiger partial charge in [-0.15, -0.1) is 0 Å². The number of aliphatic carboxylic acids is 1. The lowest BCUT2D eigenvalue weighted by Gasteiger charge is -2.22. The molecule has 0 saturated heterocycles. The number of aromatic nitrogens is 1. The number of nitrogens with zero attached hydrogens (tertiary/aromatic N) is 2. The predicted octanol–water partition coefficient (Wildman–Crippen LogP) is 1.78. The number of hydrogen-bond acceptors (Lipinski definition) is 3. The van der Waals surface area contributed by atoms with Crippen LogP contribution < -0.4 is 0 Å². The van der Waals surface area contributed by atoms with Crippen molar-refractivity contribution < 1.29 is 23.1 Å². The molecule has 100 valence electrons.